The number of rotatable bonds is 1. The van der Waals surface area contributed by atoms with Crippen molar-refractivity contribution in [3.63, 3.8) is 0 Å². The van der Waals surface area contributed by atoms with Gasteiger partial charge in [-0.25, -0.2) is 4.39 Å². The fraction of sp³-hybridized carbons (Fsp3) is 0.615. The number of hydrogen-bond acceptors (Lipinski definition) is 2. The molecule has 0 spiro atoms. The second kappa shape index (κ2) is 4.13. The Morgan fingerprint density at radius 1 is 1.44 bits per heavy atom. The Morgan fingerprint density at radius 3 is 2.88 bits per heavy atom. The van der Waals surface area contributed by atoms with E-state index in [1.165, 1.54) is 6.20 Å². The molecule has 2 nitrogen and oxygen atoms in total. The minimum atomic E-state index is -1.02. The van der Waals surface area contributed by atoms with Crippen LogP contribution in [-0.4, -0.2) is 10.1 Å². The Hall–Kier alpha value is -0.960. The van der Waals surface area contributed by atoms with Crippen LogP contribution in [0.1, 0.15) is 38.7 Å². The number of hydrogen-bond donors (Lipinski definition) is 1. The first-order valence-corrected chi connectivity index (χ1v) is 5.86. The maximum absolute atomic E-state index is 13.7. The van der Waals surface area contributed by atoms with Crippen LogP contribution in [0.15, 0.2) is 18.5 Å². The van der Waals surface area contributed by atoms with Crippen molar-refractivity contribution in [1.82, 2.24) is 4.98 Å². The zero-order valence-electron chi connectivity index (χ0n) is 9.78. The number of nitrogens with zero attached hydrogens (tertiary/aromatic N) is 1. The molecule has 1 aromatic heterocycles. The number of aliphatic hydroxyl groups is 1. The zero-order chi connectivity index (χ0) is 11.8. The molecule has 0 aliphatic heterocycles. The molecule has 0 aromatic carbocycles. The Kier molecular flexibility index (Phi) is 2.98. The Bertz CT molecular complexity index is 382. The van der Waals surface area contributed by atoms with Gasteiger partial charge in [-0.2, -0.15) is 0 Å². The molecule has 0 radical (unpaired) electrons. The van der Waals surface area contributed by atoms with Crippen LogP contribution >= 0.6 is 0 Å². The first-order chi connectivity index (χ1) is 7.54. The lowest BCUT2D eigenvalue weighted by Gasteiger charge is -2.41. The van der Waals surface area contributed by atoms with Crippen LogP contribution < -0.4 is 0 Å². The highest BCUT2D eigenvalue weighted by Gasteiger charge is 2.41. The average molecular weight is 223 g/mol. The van der Waals surface area contributed by atoms with E-state index < -0.39 is 11.4 Å². The van der Waals surface area contributed by atoms with Gasteiger partial charge in [0, 0.05) is 11.8 Å². The van der Waals surface area contributed by atoms with Gasteiger partial charge >= 0.3 is 0 Å². The van der Waals surface area contributed by atoms with Crippen LogP contribution in [0.2, 0.25) is 0 Å². The molecule has 1 aliphatic carbocycles. The zero-order valence-corrected chi connectivity index (χ0v) is 9.78. The molecule has 16 heavy (non-hydrogen) atoms. The minimum Gasteiger partial charge on any atom is -0.385 e. The van der Waals surface area contributed by atoms with Gasteiger partial charge in [-0.05, 0) is 30.7 Å². The highest BCUT2D eigenvalue weighted by Crippen LogP contribution is 2.44. The van der Waals surface area contributed by atoms with Crippen molar-refractivity contribution in [1.29, 1.82) is 0 Å². The van der Waals surface area contributed by atoms with Crippen molar-refractivity contribution in [2.75, 3.05) is 0 Å². The van der Waals surface area contributed by atoms with Gasteiger partial charge in [0.15, 0.2) is 0 Å². The van der Waals surface area contributed by atoms with Gasteiger partial charge in [-0.15, -0.1) is 0 Å². The first kappa shape index (κ1) is 11.5. The highest BCUT2D eigenvalue weighted by molar-refractivity contribution is 5.23. The summed E-state index contributed by atoms with van der Waals surface area (Å²) in [5.41, 5.74) is -0.619. The molecular formula is C13H18FNO. The van der Waals surface area contributed by atoms with E-state index in [4.69, 9.17) is 0 Å². The minimum absolute atomic E-state index is 0.0978. The molecule has 88 valence electrons. The monoisotopic (exact) mass is 223 g/mol. The second-order valence-electron chi connectivity index (χ2n) is 5.07. The van der Waals surface area contributed by atoms with Crippen LogP contribution in [0, 0.1) is 17.7 Å². The van der Waals surface area contributed by atoms with Gasteiger partial charge in [-0.1, -0.05) is 20.3 Å². The third kappa shape index (κ3) is 1.84. The molecule has 2 rings (SSSR count). The Labute approximate surface area is 95.5 Å². The third-order valence-corrected chi connectivity index (χ3v) is 3.81. The van der Waals surface area contributed by atoms with Gasteiger partial charge in [-0.3, -0.25) is 4.98 Å². The van der Waals surface area contributed by atoms with E-state index in [0.29, 0.717) is 17.9 Å². The van der Waals surface area contributed by atoms with E-state index in [2.05, 4.69) is 11.9 Å². The maximum Gasteiger partial charge on any atom is 0.147 e. The Morgan fingerprint density at radius 2 is 2.19 bits per heavy atom. The predicted molar refractivity (Wildman–Crippen MR) is 60.3 cm³/mol. The van der Waals surface area contributed by atoms with Gasteiger partial charge in [0.25, 0.3) is 0 Å². The summed E-state index contributed by atoms with van der Waals surface area (Å²) in [6.45, 7) is 4.10. The summed E-state index contributed by atoms with van der Waals surface area (Å²) in [5, 5.41) is 10.7. The molecule has 1 aromatic rings. The molecule has 1 N–H and O–H groups in total. The molecule has 3 heteroatoms. The first-order valence-electron chi connectivity index (χ1n) is 5.86. The van der Waals surface area contributed by atoms with Gasteiger partial charge in [0.2, 0.25) is 0 Å². The van der Waals surface area contributed by atoms with Crippen LogP contribution in [-0.2, 0) is 5.60 Å². The van der Waals surface area contributed by atoms with Gasteiger partial charge in [0.1, 0.15) is 5.82 Å². The van der Waals surface area contributed by atoms with Crippen molar-refractivity contribution in [3.8, 4) is 0 Å². The van der Waals surface area contributed by atoms with E-state index in [1.807, 2.05) is 6.92 Å². The topological polar surface area (TPSA) is 33.1 Å². The van der Waals surface area contributed by atoms with Crippen molar-refractivity contribution in [2.24, 2.45) is 11.8 Å². The van der Waals surface area contributed by atoms with Gasteiger partial charge in [0.05, 0.1) is 11.8 Å². The van der Waals surface area contributed by atoms with Gasteiger partial charge < -0.3 is 5.11 Å². The molecular weight excluding hydrogens is 205 g/mol. The van der Waals surface area contributed by atoms with Crippen LogP contribution in [0.25, 0.3) is 0 Å². The van der Waals surface area contributed by atoms with Crippen LogP contribution in [0.3, 0.4) is 0 Å². The highest BCUT2D eigenvalue weighted by atomic mass is 19.1. The summed E-state index contributed by atoms with van der Waals surface area (Å²) in [7, 11) is 0. The summed E-state index contributed by atoms with van der Waals surface area (Å²) < 4.78 is 13.7. The van der Waals surface area contributed by atoms with Crippen molar-refractivity contribution in [2.45, 2.75) is 38.7 Å². The summed E-state index contributed by atoms with van der Waals surface area (Å²) in [6.07, 6.45) is 5.41. The van der Waals surface area contributed by atoms with Crippen molar-refractivity contribution >= 4 is 0 Å². The lowest BCUT2D eigenvalue weighted by atomic mass is 9.69. The lowest BCUT2D eigenvalue weighted by Crippen LogP contribution is -2.39. The van der Waals surface area contributed by atoms with E-state index in [9.17, 15) is 9.50 Å². The van der Waals surface area contributed by atoms with Crippen LogP contribution in [0.5, 0.6) is 0 Å². The maximum atomic E-state index is 13.7. The van der Waals surface area contributed by atoms with E-state index in [-0.39, 0.29) is 5.92 Å². The van der Waals surface area contributed by atoms with E-state index in [0.717, 1.165) is 12.8 Å². The van der Waals surface area contributed by atoms with Crippen molar-refractivity contribution < 1.29 is 9.50 Å². The molecule has 0 bridgehead atoms. The summed E-state index contributed by atoms with van der Waals surface area (Å²) in [5.74, 6) is 0.139. The molecule has 3 unspecified atom stereocenters. The quantitative estimate of drug-likeness (QED) is 0.794. The van der Waals surface area contributed by atoms with E-state index >= 15 is 0 Å². The molecule has 0 saturated heterocycles. The van der Waals surface area contributed by atoms with Crippen molar-refractivity contribution in [3.05, 3.63) is 29.8 Å². The molecule has 1 heterocycles. The number of halogens is 1. The summed E-state index contributed by atoms with van der Waals surface area (Å²) in [4.78, 5) is 3.73. The largest absolute Gasteiger partial charge is 0.385 e. The molecule has 0 amide bonds. The second-order valence-corrected chi connectivity index (χ2v) is 5.07. The molecule has 1 aliphatic rings. The van der Waals surface area contributed by atoms with Crippen LogP contribution in [0.4, 0.5) is 4.39 Å². The molecule has 3 atom stereocenters. The number of aromatic nitrogens is 1. The summed E-state index contributed by atoms with van der Waals surface area (Å²) >= 11 is 0. The Balaban J connectivity index is 2.40. The predicted octanol–water partition coefficient (Wildman–Crippen LogP) is 2.86. The number of pyridine rings is 1. The smallest absolute Gasteiger partial charge is 0.147 e. The molecule has 1 fully saturated rings. The molecule has 1 saturated carbocycles. The summed E-state index contributed by atoms with van der Waals surface area (Å²) in [6, 6.07) is 1.60. The fourth-order valence-corrected chi connectivity index (χ4v) is 2.71. The third-order valence-electron chi connectivity index (χ3n) is 3.81. The lowest BCUT2D eigenvalue weighted by molar-refractivity contribution is -0.0652. The SMILES string of the molecule is CC1CCC(C)C(O)(c2ccncc2F)C1. The fourth-order valence-electron chi connectivity index (χ4n) is 2.71. The standard InChI is InChI=1S/C13H18FNO/c1-9-3-4-10(2)13(16,7-9)11-5-6-15-8-12(11)14/h5-6,8-10,16H,3-4,7H2,1-2H3. The average Bonchev–Trinajstić information content (AvgIpc) is 2.24. The normalized spacial score (nSPS) is 35.0. The van der Waals surface area contributed by atoms with E-state index in [1.54, 1.807) is 12.3 Å².